The van der Waals surface area contributed by atoms with E-state index in [0.29, 0.717) is 6.08 Å². The fourth-order valence-corrected chi connectivity index (χ4v) is 0.953. The van der Waals surface area contributed by atoms with E-state index in [1.165, 1.54) is 23.6 Å². The molecule has 0 bridgehead atoms. The molecule has 0 atom stereocenters. The van der Waals surface area contributed by atoms with Crippen LogP contribution in [-0.4, -0.2) is 6.18 Å². The molecule has 0 heterocycles. The van der Waals surface area contributed by atoms with Crippen molar-refractivity contribution in [3.8, 4) is 0 Å². The summed E-state index contributed by atoms with van der Waals surface area (Å²) < 4.78 is 49.6. The number of nitrogens with two attached hydrogens (primary N) is 1. The van der Waals surface area contributed by atoms with Gasteiger partial charge in [-0.2, -0.15) is 13.2 Å². The standard InChI is InChI=1S/C9H8F4N2/c10-7-4-2-1-3-6(7)5-8(15-14)9(11,12)13/h1-5,15H,14H2/b8-5+. The molecule has 0 saturated heterocycles. The third-order valence-electron chi connectivity index (χ3n) is 1.67. The van der Waals surface area contributed by atoms with Gasteiger partial charge in [-0.15, -0.1) is 0 Å². The van der Waals surface area contributed by atoms with E-state index in [1.807, 2.05) is 0 Å². The molecule has 0 aromatic heterocycles. The lowest BCUT2D eigenvalue weighted by molar-refractivity contribution is -0.0957. The van der Waals surface area contributed by atoms with Crippen molar-refractivity contribution in [2.45, 2.75) is 6.18 Å². The van der Waals surface area contributed by atoms with Crippen molar-refractivity contribution in [3.63, 3.8) is 0 Å². The zero-order chi connectivity index (χ0) is 11.5. The molecule has 82 valence electrons. The van der Waals surface area contributed by atoms with Crippen LogP contribution in [0, 0.1) is 5.82 Å². The van der Waals surface area contributed by atoms with Crippen LogP contribution in [0.15, 0.2) is 30.0 Å². The van der Waals surface area contributed by atoms with Gasteiger partial charge in [0.1, 0.15) is 11.5 Å². The highest BCUT2D eigenvalue weighted by Crippen LogP contribution is 2.25. The van der Waals surface area contributed by atoms with E-state index in [1.54, 1.807) is 0 Å². The molecular formula is C9H8F4N2. The normalized spacial score (nSPS) is 12.7. The van der Waals surface area contributed by atoms with Crippen LogP contribution in [0.25, 0.3) is 6.08 Å². The van der Waals surface area contributed by atoms with Crippen LogP contribution in [0.4, 0.5) is 17.6 Å². The predicted molar refractivity (Wildman–Crippen MR) is 47.8 cm³/mol. The van der Waals surface area contributed by atoms with Gasteiger partial charge in [0, 0.05) is 5.56 Å². The lowest BCUT2D eigenvalue weighted by Gasteiger charge is -2.10. The maximum absolute atomic E-state index is 13.0. The van der Waals surface area contributed by atoms with Crippen molar-refractivity contribution in [2.75, 3.05) is 0 Å². The summed E-state index contributed by atoms with van der Waals surface area (Å²) in [5.74, 6) is 3.95. The Morgan fingerprint density at radius 2 is 1.87 bits per heavy atom. The molecular weight excluding hydrogens is 212 g/mol. The van der Waals surface area contributed by atoms with Gasteiger partial charge in [-0.3, -0.25) is 5.84 Å². The van der Waals surface area contributed by atoms with Gasteiger partial charge < -0.3 is 5.43 Å². The molecule has 0 aliphatic heterocycles. The molecule has 0 spiro atoms. The maximum Gasteiger partial charge on any atom is 0.432 e. The molecule has 0 saturated carbocycles. The van der Waals surface area contributed by atoms with Crippen LogP contribution in [0.1, 0.15) is 5.56 Å². The highest BCUT2D eigenvalue weighted by Gasteiger charge is 2.33. The second-order valence-corrected chi connectivity index (χ2v) is 2.72. The quantitative estimate of drug-likeness (QED) is 0.455. The van der Waals surface area contributed by atoms with Crippen LogP contribution in [0.5, 0.6) is 0 Å². The smallest absolute Gasteiger partial charge is 0.320 e. The number of halogens is 4. The summed E-state index contributed by atoms with van der Waals surface area (Å²) in [5.41, 5.74) is 0.108. The van der Waals surface area contributed by atoms with Crippen molar-refractivity contribution < 1.29 is 17.6 Å². The molecule has 1 rings (SSSR count). The molecule has 2 nitrogen and oxygen atoms in total. The zero-order valence-electron chi connectivity index (χ0n) is 7.48. The van der Waals surface area contributed by atoms with E-state index < -0.39 is 17.7 Å². The second kappa shape index (κ2) is 4.31. The van der Waals surface area contributed by atoms with Gasteiger partial charge in [0.25, 0.3) is 0 Å². The van der Waals surface area contributed by atoms with E-state index in [4.69, 9.17) is 5.84 Å². The maximum atomic E-state index is 13.0. The minimum Gasteiger partial charge on any atom is -0.320 e. The van der Waals surface area contributed by atoms with Crippen LogP contribution in [-0.2, 0) is 0 Å². The lowest BCUT2D eigenvalue weighted by Crippen LogP contribution is -2.31. The first-order valence-corrected chi connectivity index (χ1v) is 3.95. The van der Waals surface area contributed by atoms with E-state index >= 15 is 0 Å². The Bertz CT molecular complexity index is 371. The Balaban J connectivity index is 3.10. The average Bonchev–Trinajstić information content (AvgIpc) is 2.14. The zero-order valence-corrected chi connectivity index (χ0v) is 7.48. The lowest BCUT2D eigenvalue weighted by atomic mass is 10.2. The molecule has 6 heteroatoms. The first kappa shape index (κ1) is 11.5. The first-order valence-electron chi connectivity index (χ1n) is 3.95. The van der Waals surface area contributed by atoms with Crippen LogP contribution in [0.2, 0.25) is 0 Å². The minimum absolute atomic E-state index is 0.178. The third-order valence-corrected chi connectivity index (χ3v) is 1.67. The topological polar surface area (TPSA) is 38.0 Å². The average molecular weight is 220 g/mol. The van der Waals surface area contributed by atoms with Crippen molar-refractivity contribution in [1.29, 1.82) is 0 Å². The Hall–Kier alpha value is -1.56. The SMILES string of the molecule is NN/C(=C/c1ccccc1F)C(F)(F)F. The number of nitrogens with one attached hydrogen (secondary N) is 1. The summed E-state index contributed by atoms with van der Waals surface area (Å²) >= 11 is 0. The summed E-state index contributed by atoms with van der Waals surface area (Å²) in [7, 11) is 0. The van der Waals surface area contributed by atoms with Crippen molar-refractivity contribution >= 4 is 6.08 Å². The Morgan fingerprint density at radius 1 is 1.27 bits per heavy atom. The van der Waals surface area contributed by atoms with Crippen molar-refractivity contribution in [3.05, 3.63) is 41.3 Å². The summed E-state index contributed by atoms with van der Waals surface area (Å²) in [6, 6.07) is 5.10. The fraction of sp³-hybridized carbons (Fsp3) is 0.111. The summed E-state index contributed by atoms with van der Waals surface area (Å²) in [5, 5.41) is 0. The highest BCUT2D eigenvalue weighted by molar-refractivity contribution is 5.53. The molecule has 0 radical (unpaired) electrons. The van der Waals surface area contributed by atoms with Gasteiger partial charge in [-0.1, -0.05) is 18.2 Å². The molecule has 3 N–H and O–H groups in total. The largest absolute Gasteiger partial charge is 0.432 e. The van der Waals surface area contributed by atoms with Gasteiger partial charge >= 0.3 is 6.18 Å². The van der Waals surface area contributed by atoms with Gasteiger partial charge in [0.15, 0.2) is 0 Å². The number of hydrogen-bond acceptors (Lipinski definition) is 2. The summed E-state index contributed by atoms with van der Waals surface area (Å²) in [4.78, 5) is 0. The number of allylic oxidation sites excluding steroid dienone is 1. The Labute approximate surface area is 83.4 Å². The molecule has 0 amide bonds. The number of alkyl halides is 3. The van der Waals surface area contributed by atoms with Crippen LogP contribution in [0.3, 0.4) is 0 Å². The van der Waals surface area contributed by atoms with Crippen LogP contribution >= 0.6 is 0 Å². The Kier molecular flexibility index (Phi) is 3.31. The highest BCUT2D eigenvalue weighted by atomic mass is 19.4. The van der Waals surface area contributed by atoms with Crippen LogP contribution < -0.4 is 11.3 Å². The van der Waals surface area contributed by atoms with E-state index in [-0.39, 0.29) is 5.56 Å². The monoisotopic (exact) mass is 220 g/mol. The number of rotatable bonds is 2. The molecule has 1 aromatic rings. The van der Waals surface area contributed by atoms with Gasteiger partial charge in [-0.25, -0.2) is 4.39 Å². The number of benzene rings is 1. The fourth-order valence-electron chi connectivity index (χ4n) is 0.953. The summed E-state index contributed by atoms with van der Waals surface area (Å²) in [6.45, 7) is 0. The van der Waals surface area contributed by atoms with Gasteiger partial charge in [0.2, 0.25) is 0 Å². The third kappa shape index (κ3) is 2.95. The van der Waals surface area contributed by atoms with E-state index in [9.17, 15) is 17.6 Å². The predicted octanol–water partition coefficient (Wildman–Crippen LogP) is 2.19. The van der Waals surface area contributed by atoms with Gasteiger partial charge in [-0.05, 0) is 12.1 Å². The molecule has 0 aliphatic carbocycles. The number of hydrogen-bond donors (Lipinski definition) is 2. The minimum atomic E-state index is -4.63. The molecule has 15 heavy (non-hydrogen) atoms. The molecule has 0 fully saturated rings. The summed E-state index contributed by atoms with van der Waals surface area (Å²) in [6.07, 6.45) is -4.02. The van der Waals surface area contributed by atoms with E-state index in [0.717, 1.165) is 6.07 Å². The van der Waals surface area contributed by atoms with Crippen molar-refractivity contribution in [2.24, 2.45) is 5.84 Å². The van der Waals surface area contributed by atoms with Crippen molar-refractivity contribution in [1.82, 2.24) is 5.43 Å². The van der Waals surface area contributed by atoms with E-state index in [2.05, 4.69) is 0 Å². The van der Waals surface area contributed by atoms with Gasteiger partial charge in [0.05, 0.1) is 0 Å². The molecule has 1 aromatic carbocycles. The molecule has 0 aliphatic rings. The first-order chi connectivity index (χ1) is 6.95. The number of hydrazine groups is 1. The Morgan fingerprint density at radius 3 is 2.33 bits per heavy atom. The molecule has 0 unspecified atom stereocenters. The second-order valence-electron chi connectivity index (χ2n) is 2.72.